The van der Waals surface area contributed by atoms with E-state index in [-0.39, 0.29) is 5.91 Å². The number of allylic oxidation sites excluding steroid dienone is 1. The maximum Gasteiger partial charge on any atom is 0.261 e. The summed E-state index contributed by atoms with van der Waals surface area (Å²) in [6.07, 6.45) is 6.41. The molecule has 20 heavy (non-hydrogen) atoms. The highest BCUT2D eigenvalue weighted by molar-refractivity contribution is 6.30. The normalized spacial score (nSPS) is 16.2. The van der Waals surface area contributed by atoms with E-state index in [9.17, 15) is 4.79 Å². The van der Waals surface area contributed by atoms with Gasteiger partial charge in [0.2, 0.25) is 0 Å². The molecule has 0 saturated heterocycles. The van der Waals surface area contributed by atoms with Crippen molar-refractivity contribution in [3.05, 3.63) is 40.9 Å². The Hall–Kier alpha value is -1.48. The summed E-state index contributed by atoms with van der Waals surface area (Å²) in [5, 5.41) is 3.58. The molecule has 4 heteroatoms. The van der Waals surface area contributed by atoms with Gasteiger partial charge in [0.25, 0.3) is 5.91 Å². The molecule has 1 amide bonds. The highest BCUT2D eigenvalue weighted by Gasteiger charge is 2.15. The van der Waals surface area contributed by atoms with Gasteiger partial charge in [-0.05, 0) is 56.9 Å². The van der Waals surface area contributed by atoms with Crippen molar-refractivity contribution in [2.45, 2.75) is 38.7 Å². The zero-order chi connectivity index (χ0) is 14.4. The maximum atomic E-state index is 12.0. The van der Waals surface area contributed by atoms with Crippen molar-refractivity contribution < 1.29 is 9.53 Å². The number of rotatable bonds is 5. The Morgan fingerprint density at radius 3 is 2.75 bits per heavy atom. The second-order valence-electron chi connectivity index (χ2n) is 5.04. The molecule has 0 fully saturated rings. The summed E-state index contributed by atoms with van der Waals surface area (Å²) in [6, 6.07) is 7.01. The van der Waals surface area contributed by atoms with Crippen LogP contribution in [0.5, 0.6) is 5.75 Å². The van der Waals surface area contributed by atoms with Gasteiger partial charge in [0.15, 0.2) is 6.10 Å². The van der Waals surface area contributed by atoms with Crippen LogP contribution in [-0.2, 0) is 4.79 Å². The smallest absolute Gasteiger partial charge is 0.261 e. The second-order valence-corrected chi connectivity index (χ2v) is 5.48. The second kappa shape index (κ2) is 7.34. The third-order valence-electron chi connectivity index (χ3n) is 3.37. The van der Waals surface area contributed by atoms with Gasteiger partial charge in [-0.15, -0.1) is 0 Å². The van der Waals surface area contributed by atoms with E-state index in [2.05, 4.69) is 11.4 Å². The quantitative estimate of drug-likeness (QED) is 0.840. The lowest BCUT2D eigenvalue weighted by Gasteiger charge is -2.17. The van der Waals surface area contributed by atoms with Crippen LogP contribution < -0.4 is 10.1 Å². The van der Waals surface area contributed by atoms with E-state index in [0.29, 0.717) is 17.3 Å². The summed E-state index contributed by atoms with van der Waals surface area (Å²) in [4.78, 5) is 12.0. The van der Waals surface area contributed by atoms with Gasteiger partial charge in [0, 0.05) is 11.6 Å². The standard InChI is InChI=1S/C16H20ClNO2/c1-12(20-15-9-7-14(17)8-10-15)16(19)18-11-13-5-3-2-4-6-13/h5,7-10,12H,2-4,6,11H2,1H3,(H,18,19)/t12-/m0/s1. The largest absolute Gasteiger partial charge is 0.481 e. The zero-order valence-electron chi connectivity index (χ0n) is 11.7. The van der Waals surface area contributed by atoms with Gasteiger partial charge in [-0.1, -0.05) is 23.3 Å². The Balaban J connectivity index is 1.79. The third kappa shape index (κ3) is 4.57. The molecular weight excluding hydrogens is 274 g/mol. The van der Waals surface area contributed by atoms with Crippen LogP contribution in [0.1, 0.15) is 32.6 Å². The van der Waals surface area contributed by atoms with Gasteiger partial charge in [0.05, 0.1) is 0 Å². The minimum Gasteiger partial charge on any atom is -0.481 e. The molecule has 1 aliphatic carbocycles. The van der Waals surface area contributed by atoms with Gasteiger partial charge in [-0.2, -0.15) is 0 Å². The fourth-order valence-electron chi connectivity index (χ4n) is 2.18. The van der Waals surface area contributed by atoms with Crippen molar-refractivity contribution in [2.75, 3.05) is 6.54 Å². The zero-order valence-corrected chi connectivity index (χ0v) is 12.5. The molecule has 0 heterocycles. The van der Waals surface area contributed by atoms with Crippen LogP contribution in [0.15, 0.2) is 35.9 Å². The topological polar surface area (TPSA) is 38.3 Å². The summed E-state index contributed by atoms with van der Waals surface area (Å²) in [7, 11) is 0. The van der Waals surface area contributed by atoms with Gasteiger partial charge in [0.1, 0.15) is 5.75 Å². The Kier molecular flexibility index (Phi) is 5.48. The van der Waals surface area contributed by atoms with E-state index in [4.69, 9.17) is 16.3 Å². The molecule has 0 saturated carbocycles. The molecule has 0 radical (unpaired) electrons. The van der Waals surface area contributed by atoms with Crippen LogP contribution in [-0.4, -0.2) is 18.6 Å². The average Bonchev–Trinajstić information content (AvgIpc) is 2.48. The highest BCUT2D eigenvalue weighted by Crippen LogP contribution is 2.18. The minimum absolute atomic E-state index is 0.0913. The minimum atomic E-state index is -0.514. The van der Waals surface area contributed by atoms with Crippen molar-refractivity contribution in [1.82, 2.24) is 5.32 Å². The molecule has 1 aliphatic rings. The molecule has 0 spiro atoms. The number of nitrogens with one attached hydrogen (secondary N) is 1. The number of ether oxygens (including phenoxy) is 1. The Morgan fingerprint density at radius 1 is 1.35 bits per heavy atom. The average molecular weight is 294 g/mol. The first kappa shape index (κ1) is 14.9. The first-order chi connectivity index (χ1) is 9.65. The predicted molar refractivity (Wildman–Crippen MR) is 81.1 cm³/mol. The molecule has 0 aromatic heterocycles. The van der Waals surface area contributed by atoms with E-state index in [0.717, 1.165) is 12.8 Å². The molecule has 1 aromatic carbocycles. The summed E-state index contributed by atoms with van der Waals surface area (Å²) in [6.45, 7) is 2.38. The van der Waals surface area contributed by atoms with Crippen LogP contribution in [0.25, 0.3) is 0 Å². The molecule has 1 atom stereocenters. The van der Waals surface area contributed by atoms with Crippen LogP contribution >= 0.6 is 11.6 Å². The van der Waals surface area contributed by atoms with Crippen LogP contribution in [0.3, 0.4) is 0 Å². The summed E-state index contributed by atoms with van der Waals surface area (Å²) >= 11 is 5.81. The number of hydrogen-bond acceptors (Lipinski definition) is 2. The van der Waals surface area contributed by atoms with Gasteiger partial charge in [-0.25, -0.2) is 0 Å². The summed E-state index contributed by atoms with van der Waals surface area (Å²) in [5.41, 5.74) is 1.32. The van der Waals surface area contributed by atoms with Crippen LogP contribution in [0, 0.1) is 0 Å². The number of halogens is 1. The lowest BCUT2D eigenvalue weighted by molar-refractivity contribution is -0.127. The van der Waals surface area contributed by atoms with E-state index in [1.54, 1.807) is 31.2 Å². The fourth-order valence-corrected chi connectivity index (χ4v) is 2.31. The molecule has 0 bridgehead atoms. The number of amides is 1. The fraction of sp³-hybridized carbons (Fsp3) is 0.438. The summed E-state index contributed by atoms with van der Waals surface area (Å²) in [5.74, 6) is 0.556. The molecule has 108 valence electrons. The Morgan fingerprint density at radius 2 is 2.10 bits per heavy atom. The van der Waals surface area contributed by atoms with Crippen molar-refractivity contribution in [1.29, 1.82) is 0 Å². The predicted octanol–water partition coefficient (Wildman–Crippen LogP) is 3.72. The van der Waals surface area contributed by atoms with Gasteiger partial charge < -0.3 is 10.1 Å². The van der Waals surface area contributed by atoms with Gasteiger partial charge >= 0.3 is 0 Å². The maximum absolute atomic E-state index is 12.0. The monoisotopic (exact) mass is 293 g/mol. The van der Waals surface area contributed by atoms with Crippen LogP contribution in [0.2, 0.25) is 5.02 Å². The van der Waals surface area contributed by atoms with E-state index in [1.807, 2.05) is 0 Å². The lowest BCUT2D eigenvalue weighted by atomic mass is 10.00. The lowest BCUT2D eigenvalue weighted by Crippen LogP contribution is -2.37. The summed E-state index contributed by atoms with van der Waals surface area (Å²) < 4.78 is 5.58. The molecule has 1 aromatic rings. The first-order valence-corrected chi connectivity index (χ1v) is 7.41. The number of carbonyl (C=O) groups is 1. The first-order valence-electron chi connectivity index (χ1n) is 7.03. The molecule has 2 rings (SSSR count). The van der Waals surface area contributed by atoms with Crippen molar-refractivity contribution in [2.24, 2.45) is 0 Å². The number of carbonyl (C=O) groups excluding carboxylic acids is 1. The number of benzene rings is 1. The number of hydrogen-bond donors (Lipinski definition) is 1. The van der Waals surface area contributed by atoms with Crippen molar-refractivity contribution in [3.63, 3.8) is 0 Å². The Bertz CT molecular complexity index is 482. The molecule has 0 aliphatic heterocycles. The van der Waals surface area contributed by atoms with Crippen molar-refractivity contribution >= 4 is 17.5 Å². The molecule has 1 N–H and O–H groups in total. The highest BCUT2D eigenvalue weighted by atomic mass is 35.5. The third-order valence-corrected chi connectivity index (χ3v) is 3.62. The van der Waals surface area contributed by atoms with Gasteiger partial charge in [-0.3, -0.25) is 4.79 Å². The van der Waals surface area contributed by atoms with E-state index < -0.39 is 6.10 Å². The molecular formula is C16H20ClNO2. The molecule has 3 nitrogen and oxygen atoms in total. The van der Waals surface area contributed by atoms with E-state index in [1.165, 1.54) is 18.4 Å². The molecule has 0 unspecified atom stereocenters. The van der Waals surface area contributed by atoms with Crippen molar-refractivity contribution in [3.8, 4) is 5.75 Å². The van der Waals surface area contributed by atoms with E-state index >= 15 is 0 Å². The SMILES string of the molecule is C[C@H](Oc1ccc(Cl)cc1)C(=O)NCC1=CCCCC1. The Labute approximate surface area is 125 Å². The van der Waals surface area contributed by atoms with Crippen LogP contribution in [0.4, 0.5) is 0 Å².